The van der Waals surface area contributed by atoms with Crippen LogP contribution in [0, 0.1) is 56.7 Å². The van der Waals surface area contributed by atoms with E-state index in [0.29, 0.717) is 29.6 Å². The van der Waals surface area contributed by atoms with Crippen LogP contribution in [0.5, 0.6) is 0 Å². The van der Waals surface area contributed by atoms with Crippen molar-refractivity contribution in [1.29, 1.82) is 0 Å². The fourth-order valence-electron chi connectivity index (χ4n) is 12.9. The van der Waals surface area contributed by atoms with Crippen LogP contribution < -0.4 is 0 Å². The van der Waals surface area contributed by atoms with Crippen LogP contribution in [0.2, 0.25) is 0 Å². The molecule has 0 aromatic rings. The molecule has 5 rings (SSSR count). The van der Waals surface area contributed by atoms with Crippen molar-refractivity contribution in [2.75, 3.05) is 0 Å². The highest BCUT2D eigenvalue weighted by Crippen LogP contribution is 2.78. The highest BCUT2D eigenvalue weighted by molar-refractivity contribution is 5.66. The zero-order chi connectivity index (χ0) is 29.5. The van der Waals surface area contributed by atoms with Crippen molar-refractivity contribution in [3.8, 4) is 0 Å². The Morgan fingerprint density at radius 1 is 0.800 bits per heavy atom. The standard InChI is InChI=1S/C36H58O4/c1-11-29(39-23(4)37)36-19-14-25(22(2)3)31(36)26-12-13-28-33(8)17-16-30(40-24(5)38)32(6,7)27(33)15-18-35(28,10)34(26,9)20-21-36/h25-31H,2,11-21H2,1,3-10H3/t25-,26+,27-,28+,29?,30-,31+,33-,34+,35+,36+/m0/s1. The van der Waals surface area contributed by atoms with Crippen LogP contribution in [0.15, 0.2) is 12.2 Å². The third kappa shape index (κ3) is 4.03. The Hall–Kier alpha value is -1.32. The molecule has 0 bridgehead atoms. The maximum Gasteiger partial charge on any atom is 0.302 e. The minimum absolute atomic E-state index is 0.00561. The lowest BCUT2D eigenvalue weighted by molar-refractivity contribution is -0.256. The SMILES string of the molecule is C=C(C)[C@@H]1CC[C@]2(C(CC)OC(C)=O)CC[C@]3(C)[C@H](CC[C@@H]4[C@@]5(C)CC[C@H](OC(C)=O)C(C)(C)[C@@H]5CC[C@]43C)[C@@H]12. The van der Waals surface area contributed by atoms with E-state index in [2.05, 4.69) is 55.0 Å². The monoisotopic (exact) mass is 554 g/mol. The van der Waals surface area contributed by atoms with E-state index in [4.69, 9.17) is 9.47 Å². The van der Waals surface area contributed by atoms with Crippen molar-refractivity contribution >= 4 is 11.9 Å². The molecule has 0 radical (unpaired) electrons. The van der Waals surface area contributed by atoms with Crippen molar-refractivity contribution in [3.05, 3.63) is 12.2 Å². The van der Waals surface area contributed by atoms with Crippen LogP contribution in [0.3, 0.4) is 0 Å². The number of ether oxygens (including phenoxy) is 2. The minimum atomic E-state index is -0.135. The van der Waals surface area contributed by atoms with Gasteiger partial charge in [-0.15, -0.1) is 0 Å². The Kier molecular flexibility index (Phi) is 7.44. The van der Waals surface area contributed by atoms with E-state index < -0.39 is 0 Å². The van der Waals surface area contributed by atoms with Gasteiger partial charge in [0.25, 0.3) is 0 Å². The van der Waals surface area contributed by atoms with E-state index in [0.717, 1.165) is 19.3 Å². The lowest BCUT2D eigenvalue weighted by atomic mass is 9.32. The molecule has 1 unspecified atom stereocenters. The quantitative estimate of drug-likeness (QED) is 0.251. The molecule has 226 valence electrons. The molecule has 5 aliphatic rings. The predicted octanol–water partition coefficient (Wildman–Crippen LogP) is 8.92. The maximum absolute atomic E-state index is 12.3. The molecule has 0 saturated heterocycles. The van der Waals surface area contributed by atoms with E-state index in [1.165, 1.54) is 56.9 Å². The number of carbonyl (C=O) groups is 2. The summed E-state index contributed by atoms with van der Waals surface area (Å²) in [6.07, 6.45) is 12.9. The molecule has 0 N–H and O–H groups in total. The Morgan fingerprint density at radius 3 is 2.10 bits per heavy atom. The summed E-state index contributed by atoms with van der Waals surface area (Å²) in [5.74, 6) is 2.71. The maximum atomic E-state index is 12.3. The van der Waals surface area contributed by atoms with Crippen LogP contribution in [0.25, 0.3) is 0 Å². The van der Waals surface area contributed by atoms with Crippen LogP contribution >= 0.6 is 0 Å². The largest absolute Gasteiger partial charge is 0.462 e. The average molecular weight is 555 g/mol. The Labute approximate surface area is 244 Å². The smallest absolute Gasteiger partial charge is 0.302 e. The lowest BCUT2D eigenvalue weighted by Gasteiger charge is -2.73. The minimum Gasteiger partial charge on any atom is -0.462 e. The first-order chi connectivity index (χ1) is 18.6. The fourth-order valence-corrected chi connectivity index (χ4v) is 12.9. The number of hydrogen-bond acceptors (Lipinski definition) is 4. The molecule has 0 amide bonds. The Bertz CT molecular complexity index is 1050. The van der Waals surface area contributed by atoms with Crippen molar-refractivity contribution in [2.45, 2.75) is 145 Å². The van der Waals surface area contributed by atoms with Gasteiger partial charge in [0.1, 0.15) is 12.2 Å². The van der Waals surface area contributed by atoms with E-state index in [1.807, 2.05) is 0 Å². The van der Waals surface area contributed by atoms with Crippen LogP contribution in [0.4, 0.5) is 0 Å². The third-order valence-corrected chi connectivity index (χ3v) is 14.7. The van der Waals surface area contributed by atoms with Gasteiger partial charge in [0, 0.05) is 24.7 Å². The Balaban J connectivity index is 1.52. The zero-order valence-corrected chi connectivity index (χ0v) is 27.2. The normalized spacial score (nSPS) is 48.0. The number of hydrogen-bond donors (Lipinski definition) is 0. The second-order valence-electron chi connectivity index (χ2n) is 16.4. The number of rotatable bonds is 5. The van der Waals surface area contributed by atoms with Crippen LogP contribution in [-0.4, -0.2) is 24.1 Å². The topological polar surface area (TPSA) is 52.6 Å². The molecule has 5 fully saturated rings. The molecule has 0 spiro atoms. The molecular weight excluding hydrogens is 496 g/mol. The molecule has 0 aromatic carbocycles. The molecule has 40 heavy (non-hydrogen) atoms. The van der Waals surface area contributed by atoms with E-state index in [1.54, 1.807) is 13.8 Å². The summed E-state index contributed by atoms with van der Waals surface area (Å²) in [6, 6.07) is 0. The number of esters is 2. The third-order valence-electron chi connectivity index (χ3n) is 14.7. The summed E-state index contributed by atoms with van der Waals surface area (Å²) in [5.41, 5.74) is 2.23. The number of allylic oxidation sites excluding steroid dienone is 1. The van der Waals surface area contributed by atoms with Gasteiger partial charge in [-0.1, -0.05) is 53.7 Å². The van der Waals surface area contributed by atoms with Gasteiger partial charge in [-0.2, -0.15) is 0 Å². The predicted molar refractivity (Wildman–Crippen MR) is 160 cm³/mol. The molecular formula is C36H58O4. The molecule has 5 aliphatic carbocycles. The van der Waals surface area contributed by atoms with Gasteiger partial charge in [0.15, 0.2) is 0 Å². The average Bonchev–Trinajstić information content (AvgIpc) is 3.25. The van der Waals surface area contributed by atoms with Gasteiger partial charge in [-0.25, -0.2) is 0 Å². The molecule has 4 heteroatoms. The van der Waals surface area contributed by atoms with Crippen molar-refractivity contribution in [1.82, 2.24) is 0 Å². The van der Waals surface area contributed by atoms with E-state index in [-0.39, 0.29) is 51.2 Å². The summed E-state index contributed by atoms with van der Waals surface area (Å²) in [7, 11) is 0. The summed E-state index contributed by atoms with van der Waals surface area (Å²) in [6.45, 7) is 24.9. The van der Waals surface area contributed by atoms with Gasteiger partial charge >= 0.3 is 11.9 Å². The first-order valence-corrected chi connectivity index (χ1v) is 16.6. The van der Waals surface area contributed by atoms with Crippen LogP contribution in [0.1, 0.15) is 133 Å². The molecule has 4 nitrogen and oxygen atoms in total. The molecule has 0 aromatic heterocycles. The van der Waals surface area contributed by atoms with Gasteiger partial charge in [-0.3, -0.25) is 9.59 Å². The summed E-state index contributed by atoms with van der Waals surface area (Å²) >= 11 is 0. The summed E-state index contributed by atoms with van der Waals surface area (Å²) in [5, 5.41) is 0. The summed E-state index contributed by atoms with van der Waals surface area (Å²) in [4.78, 5) is 24.3. The Morgan fingerprint density at radius 2 is 1.50 bits per heavy atom. The van der Waals surface area contributed by atoms with E-state index in [9.17, 15) is 9.59 Å². The van der Waals surface area contributed by atoms with Crippen molar-refractivity contribution in [3.63, 3.8) is 0 Å². The zero-order valence-electron chi connectivity index (χ0n) is 27.2. The van der Waals surface area contributed by atoms with Gasteiger partial charge in [0.2, 0.25) is 0 Å². The molecule has 11 atom stereocenters. The molecule has 0 aliphatic heterocycles. The number of carbonyl (C=O) groups excluding carboxylic acids is 2. The second kappa shape index (κ2) is 9.87. The van der Waals surface area contributed by atoms with E-state index >= 15 is 0 Å². The van der Waals surface area contributed by atoms with Crippen molar-refractivity contribution < 1.29 is 19.1 Å². The molecule has 5 saturated carbocycles. The highest BCUT2D eigenvalue weighted by Gasteiger charge is 2.72. The van der Waals surface area contributed by atoms with Gasteiger partial charge in [-0.05, 0) is 123 Å². The first-order valence-electron chi connectivity index (χ1n) is 16.6. The second-order valence-corrected chi connectivity index (χ2v) is 16.4. The van der Waals surface area contributed by atoms with Crippen molar-refractivity contribution in [2.24, 2.45) is 56.7 Å². The van der Waals surface area contributed by atoms with Gasteiger partial charge in [0.05, 0.1) is 0 Å². The molecule has 0 heterocycles. The first kappa shape index (κ1) is 30.1. The lowest BCUT2D eigenvalue weighted by Crippen LogP contribution is -2.67. The summed E-state index contributed by atoms with van der Waals surface area (Å²) < 4.78 is 12.1. The van der Waals surface area contributed by atoms with Crippen LogP contribution in [-0.2, 0) is 19.1 Å². The highest BCUT2D eigenvalue weighted by atomic mass is 16.5. The van der Waals surface area contributed by atoms with Gasteiger partial charge < -0.3 is 9.47 Å². The fraction of sp³-hybridized carbons (Fsp3) is 0.889. The number of fused-ring (bicyclic) bond motifs is 7.